The maximum atomic E-state index is 6.41. The lowest BCUT2D eigenvalue weighted by atomic mass is 10.0. The van der Waals surface area contributed by atoms with Crippen molar-refractivity contribution < 1.29 is 17.7 Å². The average molecular weight is 307 g/mol. The van der Waals surface area contributed by atoms with E-state index in [4.69, 9.17) is 17.7 Å². The Morgan fingerprint density at radius 2 is 1.74 bits per heavy atom. The quantitative estimate of drug-likeness (QED) is 0.675. The first-order chi connectivity index (χ1) is 8.80. The molecule has 6 heteroatoms. The summed E-state index contributed by atoms with van der Waals surface area (Å²) in [5.41, 5.74) is 0.0670. The van der Waals surface area contributed by atoms with E-state index < -0.39 is 17.1 Å². The highest BCUT2D eigenvalue weighted by atomic mass is 28.4. The van der Waals surface area contributed by atoms with Crippen LogP contribution in [0.25, 0.3) is 0 Å². The Balaban J connectivity index is 2.47. The van der Waals surface area contributed by atoms with E-state index in [1.807, 2.05) is 0 Å². The van der Waals surface area contributed by atoms with Crippen molar-refractivity contribution in [3.05, 3.63) is 0 Å². The van der Waals surface area contributed by atoms with E-state index in [9.17, 15) is 0 Å². The van der Waals surface area contributed by atoms with Gasteiger partial charge in [0.1, 0.15) is 0 Å². The van der Waals surface area contributed by atoms with E-state index in [2.05, 4.69) is 20.4 Å². The van der Waals surface area contributed by atoms with Gasteiger partial charge in [0.2, 0.25) is 0 Å². The largest absolute Gasteiger partial charge is 0.500 e. The zero-order valence-corrected chi connectivity index (χ0v) is 15.4. The van der Waals surface area contributed by atoms with Gasteiger partial charge in [0, 0.05) is 27.4 Å². The fraction of sp³-hybridized carbons (Fsp3) is 1.00. The number of hydrogen-bond donors (Lipinski definition) is 0. The summed E-state index contributed by atoms with van der Waals surface area (Å²) in [5, 5.41) is 0. The summed E-state index contributed by atoms with van der Waals surface area (Å²) in [4.78, 5) is 0. The van der Waals surface area contributed by atoms with Crippen molar-refractivity contribution in [2.45, 2.75) is 63.4 Å². The van der Waals surface area contributed by atoms with Gasteiger partial charge in [0.05, 0.1) is 5.60 Å². The molecule has 1 heterocycles. The Kier molecular flexibility index (Phi) is 6.22. The molecule has 0 aromatic rings. The van der Waals surface area contributed by atoms with Crippen LogP contribution in [0.2, 0.25) is 24.7 Å². The second-order valence-corrected chi connectivity index (χ2v) is 13.5. The zero-order chi connectivity index (χ0) is 14.6. The molecule has 0 N–H and O–H groups in total. The molecule has 1 unspecified atom stereocenters. The topological polar surface area (TPSA) is 36.9 Å². The summed E-state index contributed by atoms with van der Waals surface area (Å²) < 4.78 is 22.8. The minimum atomic E-state index is -2.40. The predicted molar refractivity (Wildman–Crippen MR) is 81.8 cm³/mol. The van der Waals surface area contributed by atoms with E-state index in [0.29, 0.717) is 0 Å². The third kappa shape index (κ3) is 4.95. The van der Waals surface area contributed by atoms with Gasteiger partial charge in [-0.3, -0.25) is 0 Å². The first-order valence-electron chi connectivity index (χ1n) is 7.16. The average Bonchev–Trinajstić information content (AvgIpc) is 2.33. The van der Waals surface area contributed by atoms with Crippen molar-refractivity contribution in [3.8, 4) is 0 Å². The third-order valence-electron chi connectivity index (χ3n) is 4.13. The van der Waals surface area contributed by atoms with E-state index in [0.717, 1.165) is 12.5 Å². The lowest BCUT2D eigenvalue weighted by Crippen LogP contribution is -2.48. The molecule has 0 aliphatic carbocycles. The highest BCUT2D eigenvalue weighted by molar-refractivity contribution is 6.73. The summed E-state index contributed by atoms with van der Waals surface area (Å²) in [6, 6.07) is 3.32. The van der Waals surface area contributed by atoms with Crippen LogP contribution in [0.1, 0.15) is 33.1 Å². The maximum Gasteiger partial charge on any atom is 0.500 e. The van der Waals surface area contributed by atoms with Gasteiger partial charge in [0.25, 0.3) is 0 Å². The monoisotopic (exact) mass is 306 g/mol. The highest BCUT2D eigenvalue weighted by Gasteiger charge is 2.42. The van der Waals surface area contributed by atoms with Gasteiger partial charge in [-0.2, -0.15) is 0 Å². The minimum Gasteiger partial charge on any atom is -0.412 e. The standard InChI is InChI=1S/C13H30O4Si2/c1-13(2)9-7-10-18(6,17-13)11-8-12-19(14-3,15-4)16-5/h7-12H2,1-6H3. The van der Waals surface area contributed by atoms with Crippen LogP contribution in [0.3, 0.4) is 0 Å². The second kappa shape index (κ2) is 6.82. The lowest BCUT2D eigenvalue weighted by molar-refractivity contribution is 0.0696. The molecule has 1 fully saturated rings. The third-order valence-corrected chi connectivity index (χ3v) is 10.8. The Morgan fingerprint density at radius 3 is 2.21 bits per heavy atom. The normalized spacial score (nSPS) is 27.5. The van der Waals surface area contributed by atoms with E-state index >= 15 is 0 Å². The van der Waals surface area contributed by atoms with Crippen molar-refractivity contribution in [3.63, 3.8) is 0 Å². The molecule has 0 aromatic heterocycles. The van der Waals surface area contributed by atoms with Gasteiger partial charge in [0.15, 0.2) is 8.32 Å². The van der Waals surface area contributed by atoms with E-state index in [1.165, 1.54) is 24.9 Å². The fourth-order valence-electron chi connectivity index (χ4n) is 3.07. The van der Waals surface area contributed by atoms with Crippen molar-refractivity contribution in [1.82, 2.24) is 0 Å². The Labute approximate surface area is 120 Å². The summed E-state index contributed by atoms with van der Waals surface area (Å²) >= 11 is 0. The van der Waals surface area contributed by atoms with Gasteiger partial charge in [-0.15, -0.1) is 0 Å². The summed E-state index contributed by atoms with van der Waals surface area (Å²) in [6.45, 7) is 6.80. The van der Waals surface area contributed by atoms with Crippen LogP contribution in [0.5, 0.6) is 0 Å². The number of rotatable bonds is 7. The molecule has 114 valence electrons. The van der Waals surface area contributed by atoms with Crippen LogP contribution in [0.4, 0.5) is 0 Å². The summed E-state index contributed by atoms with van der Waals surface area (Å²) in [6.07, 6.45) is 3.56. The fourth-order valence-corrected chi connectivity index (χ4v) is 8.88. The van der Waals surface area contributed by atoms with Crippen molar-refractivity contribution in [2.24, 2.45) is 0 Å². The van der Waals surface area contributed by atoms with Crippen LogP contribution in [0, 0.1) is 0 Å². The van der Waals surface area contributed by atoms with Gasteiger partial charge in [-0.1, -0.05) is 6.42 Å². The summed E-state index contributed by atoms with van der Waals surface area (Å²) in [5.74, 6) is 0. The van der Waals surface area contributed by atoms with Crippen molar-refractivity contribution >= 4 is 17.1 Å². The molecular formula is C13H30O4Si2. The van der Waals surface area contributed by atoms with Crippen molar-refractivity contribution in [1.29, 1.82) is 0 Å². The van der Waals surface area contributed by atoms with E-state index in [-0.39, 0.29) is 5.60 Å². The van der Waals surface area contributed by atoms with Crippen LogP contribution in [0.15, 0.2) is 0 Å². The van der Waals surface area contributed by atoms with Gasteiger partial charge >= 0.3 is 8.80 Å². The molecule has 0 amide bonds. The van der Waals surface area contributed by atoms with Crippen LogP contribution in [-0.2, 0) is 17.7 Å². The summed E-state index contributed by atoms with van der Waals surface area (Å²) in [7, 11) is 1.08. The van der Waals surface area contributed by atoms with Crippen molar-refractivity contribution in [2.75, 3.05) is 21.3 Å². The van der Waals surface area contributed by atoms with Gasteiger partial charge in [-0.25, -0.2) is 0 Å². The molecular weight excluding hydrogens is 276 g/mol. The molecule has 1 aliphatic heterocycles. The van der Waals surface area contributed by atoms with E-state index in [1.54, 1.807) is 21.3 Å². The molecule has 0 radical (unpaired) electrons. The SMILES string of the molecule is CO[Si](CCC[Si]1(C)CCCC(C)(C)O1)(OC)OC. The lowest BCUT2D eigenvalue weighted by Gasteiger charge is -2.42. The maximum absolute atomic E-state index is 6.41. The molecule has 0 saturated carbocycles. The minimum absolute atomic E-state index is 0.0670. The predicted octanol–water partition coefficient (Wildman–Crippen LogP) is 3.42. The molecule has 0 bridgehead atoms. The zero-order valence-electron chi connectivity index (χ0n) is 13.4. The highest BCUT2D eigenvalue weighted by Crippen LogP contribution is 2.36. The van der Waals surface area contributed by atoms with Gasteiger partial charge < -0.3 is 17.7 Å². The molecule has 0 spiro atoms. The molecule has 4 nitrogen and oxygen atoms in total. The Bertz CT molecular complexity index is 274. The van der Waals surface area contributed by atoms with Gasteiger partial charge in [-0.05, 0) is 45.3 Å². The Morgan fingerprint density at radius 1 is 1.16 bits per heavy atom. The Hall–Kier alpha value is 0.274. The smallest absolute Gasteiger partial charge is 0.412 e. The molecule has 1 saturated heterocycles. The molecule has 1 atom stereocenters. The molecule has 1 aliphatic rings. The van der Waals surface area contributed by atoms with Crippen LogP contribution >= 0.6 is 0 Å². The second-order valence-electron chi connectivity index (χ2n) is 6.31. The van der Waals surface area contributed by atoms with Crippen LogP contribution < -0.4 is 0 Å². The molecule has 0 aromatic carbocycles. The first kappa shape index (κ1) is 17.3. The molecule has 19 heavy (non-hydrogen) atoms. The molecule has 1 rings (SSSR count). The number of hydrogen-bond acceptors (Lipinski definition) is 4. The van der Waals surface area contributed by atoms with Crippen LogP contribution in [-0.4, -0.2) is 44.1 Å². The first-order valence-corrected chi connectivity index (χ1v) is 11.9.